The molecule has 0 aromatic heterocycles. The third-order valence-electron chi connectivity index (χ3n) is 2.77. The Hall–Kier alpha value is -0.120. The molecule has 0 saturated heterocycles. The lowest BCUT2D eigenvalue weighted by Crippen LogP contribution is -2.49. The molecule has 0 spiro atoms. The van der Waals surface area contributed by atoms with Crippen molar-refractivity contribution in [2.75, 3.05) is 26.7 Å². The Balaban J connectivity index is 2.42. The number of likely N-dealkylation sites (N-methyl/N-ethyl adjacent to an activating group) is 1. The third-order valence-corrected chi connectivity index (χ3v) is 2.77. The van der Waals surface area contributed by atoms with E-state index >= 15 is 0 Å². The topological polar surface area (TPSA) is 49.5 Å². The van der Waals surface area contributed by atoms with E-state index in [-0.39, 0.29) is 0 Å². The predicted molar refractivity (Wildman–Crippen MR) is 49.9 cm³/mol. The van der Waals surface area contributed by atoms with Crippen LogP contribution < -0.4 is 5.73 Å². The summed E-state index contributed by atoms with van der Waals surface area (Å²) in [6.07, 6.45) is 2.29. The van der Waals surface area contributed by atoms with E-state index in [1.807, 2.05) is 7.05 Å². The molecule has 0 amide bonds. The smallest absolute Gasteiger partial charge is 0.0923 e. The number of aliphatic hydroxyl groups is 1. The second-order valence-corrected chi connectivity index (χ2v) is 3.91. The van der Waals surface area contributed by atoms with Crippen molar-refractivity contribution in [2.24, 2.45) is 11.7 Å². The van der Waals surface area contributed by atoms with E-state index in [2.05, 4.69) is 11.8 Å². The van der Waals surface area contributed by atoms with Crippen molar-refractivity contribution < 1.29 is 5.11 Å². The third kappa shape index (κ3) is 2.19. The second-order valence-electron chi connectivity index (χ2n) is 3.91. The van der Waals surface area contributed by atoms with Gasteiger partial charge in [0.15, 0.2) is 0 Å². The first-order valence-corrected chi connectivity index (χ1v) is 4.73. The van der Waals surface area contributed by atoms with Crippen LogP contribution in [0.4, 0.5) is 0 Å². The number of hydrogen-bond acceptors (Lipinski definition) is 3. The summed E-state index contributed by atoms with van der Waals surface area (Å²) in [5.74, 6) is 0.455. The van der Waals surface area contributed by atoms with Crippen LogP contribution in [0.2, 0.25) is 0 Å². The van der Waals surface area contributed by atoms with Gasteiger partial charge in [0.25, 0.3) is 0 Å². The minimum absolute atomic E-state index is 0.391. The minimum Gasteiger partial charge on any atom is -0.387 e. The van der Waals surface area contributed by atoms with Gasteiger partial charge in [-0.1, -0.05) is 6.92 Å². The first-order valence-electron chi connectivity index (χ1n) is 4.73. The van der Waals surface area contributed by atoms with Gasteiger partial charge in [0.05, 0.1) is 5.60 Å². The molecule has 0 bridgehead atoms. The van der Waals surface area contributed by atoms with Crippen LogP contribution in [0.5, 0.6) is 0 Å². The Morgan fingerprint density at radius 1 is 1.58 bits per heavy atom. The van der Waals surface area contributed by atoms with E-state index < -0.39 is 5.60 Å². The van der Waals surface area contributed by atoms with Crippen molar-refractivity contribution in [1.82, 2.24) is 4.90 Å². The monoisotopic (exact) mass is 172 g/mol. The molecule has 1 saturated carbocycles. The zero-order chi connectivity index (χ0) is 9.19. The fourth-order valence-corrected chi connectivity index (χ4v) is 1.56. The summed E-state index contributed by atoms with van der Waals surface area (Å²) >= 11 is 0. The Labute approximate surface area is 74.5 Å². The number of nitrogens with two attached hydrogens (primary N) is 1. The molecule has 0 radical (unpaired) electrons. The lowest BCUT2D eigenvalue weighted by atomic mass is 9.97. The van der Waals surface area contributed by atoms with E-state index in [0.717, 1.165) is 19.4 Å². The highest BCUT2D eigenvalue weighted by molar-refractivity contribution is 4.97. The van der Waals surface area contributed by atoms with E-state index in [0.29, 0.717) is 19.0 Å². The minimum atomic E-state index is -0.620. The van der Waals surface area contributed by atoms with Gasteiger partial charge in [-0.25, -0.2) is 0 Å². The largest absolute Gasteiger partial charge is 0.387 e. The molecule has 3 heteroatoms. The van der Waals surface area contributed by atoms with E-state index in [1.165, 1.54) is 0 Å². The predicted octanol–water partition coefficient (Wildman–Crippen LogP) is 0.0379. The van der Waals surface area contributed by atoms with Crippen LogP contribution in [-0.2, 0) is 0 Å². The molecular formula is C9H20N2O. The summed E-state index contributed by atoms with van der Waals surface area (Å²) in [6.45, 7) is 4.16. The van der Waals surface area contributed by atoms with Crippen LogP contribution in [-0.4, -0.2) is 42.3 Å². The van der Waals surface area contributed by atoms with Gasteiger partial charge in [0.1, 0.15) is 0 Å². The molecule has 3 nitrogen and oxygen atoms in total. The normalized spacial score (nSPS) is 22.8. The summed E-state index contributed by atoms with van der Waals surface area (Å²) < 4.78 is 0. The van der Waals surface area contributed by atoms with Gasteiger partial charge < -0.3 is 15.7 Å². The van der Waals surface area contributed by atoms with Crippen LogP contribution in [0.3, 0.4) is 0 Å². The summed E-state index contributed by atoms with van der Waals surface area (Å²) in [6, 6.07) is 0. The van der Waals surface area contributed by atoms with Crippen LogP contribution in [0, 0.1) is 5.92 Å². The molecule has 1 aliphatic carbocycles. The van der Waals surface area contributed by atoms with E-state index in [9.17, 15) is 5.11 Å². The van der Waals surface area contributed by atoms with Crippen molar-refractivity contribution in [3.05, 3.63) is 0 Å². The number of rotatable bonds is 5. The lowest BCUT2D eigenvalue weighted by Gasteiger charge is -2.30. The highest BCUT2D eigenvalue weighted by Gasteiger charge is 2.43. The van der Waals surface area contributed by atoms with Crippen LogP contribution >= 0.6 is 0 Å². The average molecular weight is 172 g/mol. The Morgan fingerprint density at radius 2 is 2.17 bits per heavy atom. The molecule has 12 heavy (non-hydrogen) atoms. The van der Waals surface area contributed by atoms with Gasteiger partial charge in [-0.05, 0) is 32.4 Å². The van der Waals surface area contributed by atoms with E-state index in [1.54, 1.807) is 0 Å². The molecule has 0 aromatic rings. The fourth-order valence-electron chi connectivity index (χ4n) is 1.56. The van der Waals surface area contributed by atoms with Gasteiger partial charge in [-0.15, -0.1) is 0 Å². The second kappa shape index (κ2) is 3.73. The number of nitrogens with zero attached hydrogens (tertiary/aromatic N) is 1. The summed E-state index contributed by atoms with van der Waals surface area (Å²) in [5.41, 5.74) is 4.95. The highest BCUT2D eigenvalue weighted by atomic mass is 16.3. The van der Waals surface area contributed by atoms with Crippen LogP contribution in [0.1, 0.15) is 19.8 Å². The maximum atomic E-state index is 10.1. The maximum Gasteiger partial charge on any atom is 0.0923 e. The van der Waals surface area contributed by atoms with Gasteiger partial charge >= 0.3 is 0 Å². The molecule has 1 unspecified atom stereocenters. The SMILES string of the molecule is CCN(C)CC(O)(CN)C1CC1. The number of hydrogen-bond donors (Lipinski definition) is 2. The molecule has 72 valence electrons. The van der Waals surface area contributed by atoms with Crippen molar-refractivity contribution in [3.63, 3.8) is 0 Å². The lowest BCUT2D eigenvalue weighted by molar-refractivity contribution is -0.000926. The Bertz CT molecular complexity index is 147. The molecule has 1 fully saturated rings. The summed E-state index contributed by atoms with van der Waals surface area (Å²) in [5, 5.41) is 10.1. The fraction of sp³-hybridized carbons (Fsp3) is 1.00. The van der Waals surface area contributed by atoms with Crippen LogP contribution in [0.25, 0.3) is 0 Å². The summed E-state index contributed by atoms with van der Waals surface area (Å²) in [4.78, 5) is 2.12. The molecule has 1 aliphatic rings. The quantitative estimate of drug-likeness (QED) is 0.615. The molecule has 0 aliphatic heterocycles. The summed E-state index contributed by atoms with van der Waals surface area (Å²) in [7, 11) is 2.02. The molecule has 0 aromatic carbocycles. The van der Waals surface area contributed by atoms with Gasteiger partial charge in [0, 0.05) is 13.1 Å². The van der Waals surface area contributed by atoms with E-state index in [4.69, 9.17) is 5.73 Å². The van der Waals surface area contributed by atoms with Gasteiger partial charge in [-0.2, -0.15) is 0 Å². The molecule has 1 atom stereocenters. The van der Waals surface area contributed by atoms with Crippen molar-refractivity contribution in [2.45, 2.75) is 25.4 Å². The Morgan fingerprint density at radius 3 is 2.50 bits per heavy atom. The first-order chi connectivity index (χ1) is 5.62. The zero-order valence-electron chi connectivity index (χ0n) is 8.08. The molecular weight excluding hydrogens is 152 g/mol. The van der Waals surface area contributed by atoms with Crippen molar-refractivity contribution in [3.8, 4) is 0 Å². The van der Waals surface area contributed by atoms with Crippen molar-refractivity contribution >= 4 is 0 Å². The molecule has 1 rings (SSSR count). The zero-order valence-corrected chi connectivity index (χ0v) is 8.08. The first kappa shape index (κ1) is 9.96. The maximum absolute atomic E-state index is 10.1. The van der Waals surface area contributed by atoms with Gasteiger partial charge in [-0.3, -0.25) is 0 Å². The molecule has 0 heterocycles. The van der Waals surface area contributed by atoms with Gasteiger partial charge in [0.2, 0.25) is 0 Å². The van der Waals surface area contributed by atoms with Crippen LogP contribution in [0.15, 0.2) is 0 Å². The average Bonchev–Trinajstić information content (AvgIpc) is 2.86. The molecule has 3 N–H and O–H groups in total. The standard InChI is InChI=1S/C9H20N2O/c1-3-11(2)7-9(12,6-10)8-4-5-8/h8,12H,3-7,10H2,1-2H3. The van der Waals surface area contributed by atoms with Crippen molar-refractivity contribution in [1.29, 1.82) is 0 Å². The highest BCUT2D eigenvalue weighted by Crippen LogP contribution is 2.39. The Kier molecular flexibility index (Phi) is 3.09.